The number of nitrogens with one attached hydrogen (secondary N) is 1. The van der Waals surface area contributed by atoms with E-state index in [1.54, 1.807) is 6.07 Å². The number of benzene rings is 1. The number of halogens is 1. The van der Waals surface area contributed by atoms with Gasteiger partial charge in [0.05, 0.1) is 11.0 Å². The summed E-state index contributed by atoms with van der Waals surface area (Å²) in [6.45, 7) is 0.692. The number of nitro groups is 1. The highest BCUT2D eigenvalue weighted by atomic mass is 79.9. The molecule has 0 amide bonds. The second-order valence-corrected chi connectivity index (χ2v) is 5.41. The highest BCUT2D eigenvalue weighted by Crippen LogP contribution is 2.29. The Labute approximate surface area is 113 Å². The summed E-state index contributed by atoms with van der Waals surface area (Å²) >= 11 is 3.31. The predicted molar refractivity (Wildman–Crippen MR) is 72.6 cm³/mol. The third-order valence-corrected chi connectivity index (χ3v) is 3.99. The van der Waals surface area contributed by atoms with Crippen molar-refractivity contribution in [2.75, 3.05) is 11.9 Å². The van der Waals surface area contributed by atoms with Crippen LogP contribution in [0.3, 0.4) is 0 Å². The van der Waals surface area contributed by atoms with Crippen molar-refractivity contribution in [2.24, 2.45) is 5.92 Å². The Hall–Kier alpha value is -1.14. The maximum atomic E-state index is 10.6. The molecule has 0 radical (unpaired) electrons. The molecule has 1 aliphatic rings. The zero-order valence-corrected chi connectivity index (χ0v) is 11.4. The zero-order valence-electron chi connectivity index (χ0n) is 9.80. The third-order valence-electron chi connectivity index (χ3n) is 3.34. The summed E-state index contributed by atoms with van der Waals surface area (Å²) in [4.78, 5) is 10.2. The number of anilines is 1. The van der Waals surface area contributed by atoms with Crippen molar-refractivity contribution in [3.63, 3.8) is 0 Å². The molecule has 0 heterocycles. The van der Waals surface area contributed by atoms with E-state index in [-0.39, 0.29) is 17.7 Å². The van der Waals surface area contributed by atoms with Crippen LogP contribution < -0.4 is 5.32 Å². The van der Waals surface area contributed by atoms with Gasteiger partial charge in [-0.3, -0.25) is 10.1 Å². The standard InChI is InChI=1S/C12H15BrN2O3/c13-10-6-9(15(17)18)4-5-11(10)14-7-8-2-1-3-12(8)16/h4-6,8,12,14,16H,1-3,7H2. The smallest absolute Gasteiger partial charge is 0.270 e. The van der Waals surface area contributed by atoms with Gasteiger partial charge in [0.2, 0.25) is 0 Å². The van der Waals surface area contributed by atoms with Crippen molar-refractivity contribution in [1.29, 1.82) is 0 Å². The Morgan fingerprint density at radius 2 is 2.28 bits per heavy atom. The van der Waals surface area contributed by atoms with Crippen LogP contribution in [0.25, 0.3) is 0 Å². The maximum Gasteiger partial charge on any atom is 0.270 e. The minimum absolute atomic E-state index is 0.0633. The lowest BCUT2D eigenvalue weighted by atomic mass is 10.1. The van der Waals surface area contributed by atoms with E-state index in [2.05, 4.69) is 21.2 Å². The molecule has 1 aromatic carbocycles. The van der Waals surface area contributed by atoms with Crippen molar-refractivity contribution < 1.29 is 10.0 Å². The first-order chi connectivity index (χ1) is 8.58. The number of aliphatic hydroxyl groups excluding tert-OH is 1. The van der Waals surface area contributed by atoms with Gasteiger partial charge in [-0.1, -0.05) is 6.42 Å². The topological polar surface area (TPSA) is 75.4 Å². The fourth-order valence-corrected chi connectivity index (χ4v) is 2.76. The van der Waals surface area contributed by atoms with E-state index in [0.717, 1.165) is 24.9 Å². The molecule has 0 aliphatic heterocycles. The van der Waals surface area contributed by atoms with E-state index in [1.807, 2.05) is 0 Å². The summed E-state index contributed by atoms with van der Waals surface area (Å²) in [5, 5.41) is 23.5. The number of nitrogens with zero attached hydrogens (tertiary/aromatic N) is 1. The number of rotatable bonds is 4. The Morgan fingerprint density at radius 1 is 1.50 bits per heavy atom. The van der Waals surface area contributed by atoms with Crippen LogP contribution >= 0.6 is 15.9 Å². The average molecular weight is 315 g/mol. The van der Waals surface area contributed by atoms with Gasteiger partial charge in [-0.2, -0.15) is 0 Å². The molecule has 2 atom stereocenters. The highest BCUT2D eigenvalue weighted by Gasteiger charge is 2.24. The normalized spacial score (nSPS) is 23.0. The molecule has 2 unspecified atom stereocenters. The number of aliphatic hydroxyl groups is 1. The summed E-state index contributed by atoms with van der Waals surface area (Å²) < 4.78 is 0.671. The molecule has 6 heteroatoms. The zero-order chi connectivity index (χ0) is 13.1. The van der Waals surface area contributed by atoms with E-state index in [0.29, 0.717) is 11.0 Å². The molecule has 0 saturated heterocycles. The van der Waals surface area contributed by atoms with Gasteiger partial charge >= 0.3 is 0 Å². The second-order valence-electron chi connectivity index (χ2n) is 4.56. The molecule has 1 aliphatic carbocycles. The average Bonchev–Trinajstić information content (AvgIpc) is 2.73. The first kappa shape index (κ1) is 13.3. The largest absolute Gasteiger partial charge is 0.393 e. The van der Waals surface area contributed by atoms with Crippen molar-refractivity contribution in [2.45, 2.75) is 25.4 Å². The van der Waals surface area contributed by atoms with Crippen LogP contribution in [0, 0.1) is 16.0 Å². The lowest BCUT2D eigenvalue weighted by Gasteiger charge is -2.16. The van der Waals surface area contributed by atoms with Crippen molar-refractivity contribution in [3.05, 3.63) is 32.8 Å². The monoisotopic (exact) mass is 314 g/mol. The fraction of sp³-hybridized carbons (Fsp3) is 0.500. The van der Waals surface area contributed by atoms with Gasteiger partial charge in [0.1, 0.15) is 0 Å². The number of hydrogen-bond donors (Lipinski definition) is 2. The van der Waals surface area contributed by atoms with E-state index in [1.165, 1.54) is 12.1 Å². The van der Waals surface area contributed by atoms with Gasteiger partial charge in [-0.05, 0) is 34.8 Å². The second kappa shape index (κ2) is 5.67. The van der Waals surface area contributed by atoms with Gasteiger partial charge in [0, 0.05) is 34.8 Å². The van der Waals surface area contributed by atoms with Crippen LogP contribution in [-0.4, -0.2) is 22.7 Å². The molecule has 1 fully saturated rings. The Kier molecular flexibility index (Phi) is 4.19. The Bertz CT molecular complexity index is 453. The van der Waals surface area contributed by atoms with Crippen LogP contribution in [-0.2, 0) is 0 Å². The first-order valence-corrected chi connectivity index (χ1v) is 6.73. The Balaban J connectivity index is 1.99. The van der Waals surface area contributed by atoms with Gasteiger partial charge in [-0.25, -0.2) is 0 Å². The molecule has 0 spiro atoms. The van der Waals surface area contributed by atoms with Crippen molar-refractivity contribution >= 4 is 27.3 Å². The molecule has 2 rings (SSSR count). The van der Waals surface area contributed by atoms with Crippen LogP contribution in [0.4, 0.5) is 11.4 Å². The molecule has 1 saturated carbocycles. The fourth-order valence-electron chi connectivity index (χ4n) is 2.26. The van der Waals surface area contributed by atoms with Crippen LogP contribution in [0.5, 0.6) is 0 Å². The van der Waals surface area contributed by atoms with Gasteiger partial charge < -0.3 is 10.4 Å². The first-order valence-electron chi connectivity index (χ1n) is 5.94. The van der Waals surface area contributed by atoms with Crippen LogP contribution in [0.1, 0.15) is 19.3 Å². The molecule has 2 N–H and O–H groups in total. The highest BCUT2D eigenvalue weighted by molar-refractivity contribution is 9.10. The molecule has 18 heavy (non-hydrogen) atoms. The Morgan fingerprint density at radius 3 is 2.83 bits per heavy atom. The van der Waals surface area contributed by atoms with E-state index in [4.69, 9.17) is 0 Å². The summed E-state index contributed by atoms with van der Waals surface area (Å²) in [5.74, 6) is 0.270. The molecular formula is C12H15BrN2O3. The number of non-ortho nitro benzene ring substituents is 1. The minimum Gasteiger partial charge on any atom is -0.393 e. The molecule has 98 valence electrons. The van der Waals surface area contributed by atoms with Gasteiger partial charge in [0.25, 0.3) is 5.69 Å². The molecular weight excluding hydrogens is 300 g/mol. The summed E-state index contributed by atoms with van der Waals surface area (Å²) in [6.07, 6.45) is 2.73. The summed E-state index contributed by atoms with van der Waals surface area (Å²) in [5.41, 5.74) is 0.882. The van der Waals surface area contributed by atoms with Crippen LogP contribution in [0.15, 0.2) is 22.7 Å². The maximum absolute atomic E-state index is 10.6. The number of hydrogen-bond acceptors (Lipinski definition) is 4. The van der Waals surface area contributed by atoms with E-state index >= 15 is 0 Å². The SMILES string of the molecule is O=[N+]([O-])c1ccc(NCC2CCCC2O)c(Br)c1. The third kappa shape index (κ3) is 3.00. The molecule has 5 nitrogen and oxygen atoms in total. The summed E-state index contributed by atoms with van der Waals surface area (Å²) in [6, 6.07) is 4.63. The molecule has 0 bridgehead atoms. The molecule has 0 aromatic heterocycles. The number of nitro benzene ring substituents is 1. The minimum atomic E-state index is -0.421. The lowest BCUT2D eigenvalue weighted by molar-refractivity contribution is -0.384. The quantitative estimate of drug-likeness (QED) is 0.662. The van der Waals surface area contributed by atoms with Gasteiger partial charge in [-0.15, -0.1) is 0 Å². The van der Waals surface area contributed by atoms with Crippen molar-refractivity contribution in [1.82, 2.24) is 0 Å². The van der Waals surface area contributed by atoms with E-state index < -0.39 is 4.92 Å². The predicted octanol–water partition coefficient (Wildman–Crippen LogP) is 2.93. The molecule has 1 aromatic rings. The lowest BCUT2D eigenvalue weighted by Crippen LogP contribution is -2.22. The van der Waals surface area contributed by atoms with Crippen molar-refractivity contribution in [3.8, 4) is 0 Å². The van der Waals surface area contributed by atoms with Crippen LogP contribution in [0.2, 0.25) is 0 Å². The van der Waals surface area contributed by atoms with Gasteiger partial charge in [0.15, 0.2) is 0 Å². The van der Waals surface area contributed by atoms with E-state index in [9.17, 15) is 15.2 Å². The summed E-state index contributed by atoms with van der Waals surface area (Å²) in [7, 11) is 0.